The smallest absolute Gasteiger partial charge is 0.227 e. The molecule has 0 spiro atoms. The van der Waals surface area contributed by atoms with Crippen molar-refractivity contribution in [1.29, 1.82) is 0 Å². The van der Waals surface area contributed by atoms with Gasteiger partial charge in [0.15, 0.2) is 0 Å². The third kappa shape index (κ3) is 6.64. The molecule has 1 aliphatic carbocycles. The van der Waals surface area contributed by atoms with Gasteiger partial charge in [0, 0.05) is 23.5 Å². The fourth-order valence-electron chi connectivity index (χ4n) is 3.50. The average Bonchev–Trinajstić information content (AvgIpc) is 3.60. The fraction of sp³-hybridized carbons (Fsp3) is 0.214. The molecule has 33 heavy (non-hydrogen) atoms. The maximum Gasteiger partial charge on any atom is 0.227 e. The van der Waals surface area contributed by atoms with Crippen LogP contribution in [-0.4, -0.2) is 35.1 Å². The van der Waals surface area contributed by atoms with Gasteiger partial charge in [-0.2, -0.15) is 5.10 Å². The highest BCUT2D eigenvalue weighted by Crippen LogP contribution is 2.30. The molecule has 5 rings (SSSR count). The van der Waals surface area contributed by atoms with E-state index in [2.05, 4.69) is 77.0 Å². The van der Waals surface area contributed by atoms with Gasteiger partial charge >= 0.3 is 0 Å². The standard InChI is InChI=1S/C18H19N3.C10H11NO/c1-21(2)13-15-9-7-14(8-10-15)11-12-18-16-5-3-4-6-17(16)19-20-18;12-10(8-6-7-8)11-9-4-2-1-3-5-9/h3-12H,13H2,1-2H3,(H,19,20);1-5,8H,6-7H2,(H,11,12)/b12-11+;. The highest BCUT2D eigenvalue weighted by Gasteiger charge is 2.29. The van der Waals surface area contributed by atoms with Crippen molar-refractivity contribution in [2.45, 2.75) is 19.4 Å². The number of H-pyrrole nitrogens is 1. The van der Waals surface area contributed by atoms with Gasteiger partial charge in [-0.05, 0) is 62.3 Å². The van der Waals surface area contributed by atoms with Crippen molar-refractivity contribution >= 4 is 34.6 Å². The van der Waals surface area contributed by atoms with Gasteiger partial charge in [0.25, 0.3) is 0 Å². The minimum absolute atomic E-state index is 0.168. The summed E-state index contributed by atoms with van der Waals surface area (Å²) in [6, 6.07) is 26.4. The molecular formula is C28H30N4O. The molecule has 2 N–H and O–H groups in total. The summed E-state index contributed by atoms with van der Waals surface area (Å²) in [6.07, 6.45) is 6.26. The number of hydrogen-bond donors (Lipinski definition) is 2. The number of aromatic nitrogens is 2. The van der Waals surface area contributed by atoms with E-state index < -0.39 is 0 Å². The first-order valence-corrected chi connectivity index (χ1v) is 11.3. The number of carbonyl (C=O) groups excluding carboxylic acids is 1. The predicted molar refractivity (Wildman–Crippen MR) is 137 cm³/mol. The number of carbonyl (C=O) groups is 1. The molecule has 0 unspecified atom stereocenters. The van der Waals surface area contributed by atoms with Crippen LogP contribution in [0.15, 0.2) is 78.9 Å². The van der Waals surface area contributed by atoms with E-state index in [0.29, 0.717) is 0 Å². The third-order valence-electron chi connectivity index (χ3n) is 5.40. The van der Waals surface area contributed by atoms with Crippen molar-refractivity contribution in [3.63, 3.8) is 0 Å². The number of para-hydroxylation sites is 2. The first kappa shape index (κ1) is 22.5. The number of benzene rings is 3. The van der Waals surface area contributed by atoms with Crippen molar-refractivity contribution < 1.29 is 4.79 Å². The molecule has 0 radical (unpaired) electrons. The Kier molecular flexibility index (Phi) is 7.33. The molecule has 1 fully saturated rings. The number of anilines is 1. The Balaban J connectivity index is 0.000000183. The van der Waals surface area contributed by atoms with Crippen LogP contribution in [0, 0.1) is 5.92 Å². The number of rotatable bonds is 6. The van der Waals surface area contributed by atoms with Crippen LogP contribution in [0.5, 0.6) is 0 Å². The Labute approximate surface area is 195 Å². The van der Waals surface area contributed by atoms with Crippen molar-refractivity contribution in [2.75, 3.05) is 19.4 Å². The van der Waals surface area contributed by atoms with E-state index in [1.807, 2.05) is 48.5 Å². The summed E-state index contributed by atoms with van der Waals surface area (Å²) in [5.41, 5.74) is 5.45. The summed E-state index contributed by atoms with van der Waals surface area (Å²) >= 11 is 0. The van der Waals surface area contributed by atoms with Gasteiger partial charge in [-0.3, -0.25) is 9.89 Å². The molecule has 0 aliphatic heterocycles. The second-order valence-corrected chi connectivity index (χ2v) is 8.60. The normalized spacial score (nSPS) is 13.2. The van der Waals surface area contributed by atoms with E-state index in [4.69, 9.17) is 0 Å². The lowest BCUT2D eigenvalue weighted by molar-refractivity contribution is -0.117. The van der Waals surface area contributed by atoms with Gasteiger partial charge in [-0.1, -0.05) is 66.7 Å². The maximum absolute atomic E-state index is 11.3. The van der Waals surface area contributed by atoms with Gasteiger partial charge in [0.2, 0.25) is 5.91 Å². The Morgan fingerprint density at radius 3 is 2.36 bits per heavy atom. The topological polar surface area (TPSA) is 61.0 Å². The van der Waals surface area contributed by atoms with E-state index >= 15 is 0 Å². The largest absolute Gasteiger partial charge is 0.326 e. The summed E-state index contributed by atoms with van der Waals surface area (Å²) in [7, 11) is 4.16. The fourth-order valence-corrected chi connectivity index (χ4v) is 3.50. The third-order valence-corrected chi connectivity index (χ3v) is 5.40. The number of nitrogens with zero attached hydrogens (tertiary/aromatic N) is 2. The molecule has 168 valence electrons. The van der Waals surface area contributed by atoms with E-state index in [1.165, 1.54) is 11.1 Å². The summed E-state index contributed by atoms with van der Waals surface area (Å²) in [6.45, 7) is 0.966. The lowest BCUT2D eigenvalue weighted by atomic mass is 10.1. The zero-order valence-corrected chi connectivity index (χ0v) is 19.2. The van der Waals surface area contributed by atoms with Crippen LogP contribution in [0.2, 0.25) is 0 Å². The molecule has 1 aliphatic rings. The average molecular weight is 439 g/mol. The molecule has 0 atom stereocenters. The highest BCUT2D eigenvalue weighted by molar-refractivity contribution is 5.94. The molecule has 0 bridgehead atoms. The van der Waals surface area contributed by atoms with Crippen LogP contribution >= 0.6 is 0 Å². The second-order valence-electron chi connectivity index (χ2n) is 8.60. The summed E-state index contributed by atoms with van der Waals surface area (Å²) in [5, 5.41) is 11.4. The quantitative estimate of drug-likeness (QED) is 0.398. The second kappa shape index (κ2) is 10.7. The van der Waals surface area contributed by atoms with Crippen LogP contribution in [0.1, 0.15) is 29.7 Å². The zero-order valence-electron chi connectivity index (χ0n) is 19.2. The lowest BCUT2D eigenvalue weighted by Gasteiger charge is -2.09. The summed E-state index contributed by atoms with van der Waals surface area (Å²) < 4.78 is 0. The van der Waals surface area contributed by atoms with Crippen LogP contribution in [-0.2, 0) is 11.3 Å². The van der Waals surface area contributed by atoms with Crippen LogP contribution in [0.3, 0.4) is 0 Å². The molecular weight excluding hydrogens is 408 g/mol. The molecule has 5 nitrogen and oxygen atoms in total. The van der Waals surface area contributed by atoms with Gasteiger partial charge in [-0.25, -0.2) is 0 Å². The first-order valence-electron chi connectivity index (χ1n) is 11.3. The lowest BCUT2D eigenvalue weighted by Crippen LogP contribution is -2.12. The molecule has 5 heteroatoms. The van der Waals surface area contributed by atoms with Gasteiger partial charge < -0.3 is 10.2 Å². The van der Waals surface area contributed by atoms with E-state index in [-0.39, 0.29) is 11.8 Å². The van der Waals surface area contributed by atoms with Crippen molar-refractivity contribution in [2.24, 2.45) is 5.92 Å². The molecule has 1 amide bonds. The minimum atomic E-state index is 0.168. The van der Waals surface area contributed by atoms with Gasteiger partial charge in [0.05, 0.1) is 11.2 Å². The van der Waals surface area contributed by atoms with Crippen LogP contribution in [0.25, 0.3) is 23.1 Å². The first-order chi connectivity index (χ1) is 16.1. The molecule has 1 aromatic heterocycles. The number of fused-ring (bicyclic) bond motifs is 1. The Morgan fingerprint density at radius 1 is 0.970 bits per heavy atom. The molecule has 0 saturated heterocycles. The molecule has 1 saturated carbocycles. The minimum Gasteiger partial charge on any atom is -0.326 e. The van der Waals surface area contributed by atoms with Gasteiger partial charge in [0.1, 0.15) is 0 Å². The number of aromatic amines is 1. The Morgan fingerprint density at radius 2 is 1.67 bits per heavy atom. The monoisotopic (exact) mass is 438 g/mol. The van der Waals surface area contributed by atoms with E-state index in [9.17, 15) is 4.79 Å². The Hall–Kier alpha value is -3.70. The van der Waals surface area contributed by atoms with Crippen molar-refractivity contribution in [1.82, 2.24) is 15.1 Å². The molecule has 3 aromatic carbocycles. The number of amides is 1. The van der Waals surface area contributed by atoms with E-state index in [0.717, 1.165) is 41.7 Å². The Bertz CT molecular complexity index is 1210. The summed E-state index contributed by atoms with van der Waals surface area (Å²) in [5.74, 6) is 0.450. The SMILES string of the molecule is CN(C)Cc1ccc(/C=C/c2n[nH]c3ccccc23)cc1.O=C(Nc1ccccc1)C1CC1. The molecule has 1 heterocycles. The highest BCUT2D eigenvalue weighted by atomic mass is 16.2. The van der Waals surface area contributed by atoms with Gasteiger partial charge in [-0.15, -0.1) is 0 Å². The zero-order chi connectivity index (χ0) is 23.0. The van der Waals surface area contributed by atoms with Crippen LogP contribution in [0.4, 0.5) is 5.69 Å². The number of hydrogen-bond acceptors (Lipinski definition) is 3. The summed E-state index contributed by atoms with van der Waals surface area (Å²) in [4.78, 5) is 13.4. The predicted octanol–water partition coefficient (Wildman–Crippen LogP) is 5.83. The number of nitrogens with one attached hydrogen (secondary N) is 2. The van der Waals surface area contributed by atoms with E-state index in [1.54, 1.807) is 0 Å². The molecule has 4 aromatic rings. The van der Waals surface area contributed by atoms with Crippen LogP contribution < -0.4 is 5.32 Å². The van der Waals surface area contributed by atoms with Crippen molar-refractivity contribution in [3.8, 4) is 0 Å². The maximum atomic E-state index is 11.3. The van der Waals surface area contributed by atoms with Crippen molar-refractivity contribution in [3.05, 3.63) is 95.7 Å².